The Morgan fingerprint density at radius 2 is 1.90 bits per heavy atom. The van der Waals surface area contributed by atoms with Gasteiger partial charge >= 0.3 is 0 Å². The fraction of sp³-hybridized carbons (Fsp3) is 0.562. The zero-order chi connectivity index (χ0) is 14.7. The highest BCUT2D eigenvalue weighted by atomic mass is 15.6. The normalized spacial score (nSPS) is 22.4. The summed E-state index contributed by atoms with van der Waals surface area (Å²) in [4.78, 5) is 0. The van der Waals surface area contributed by atoms with Crippen molar-refractivity contribution in [1.29, 1.82) is 0 Å². The predicted octanol–water partition coefficient (Wildman–Crippen LogP) is 3.29. The molecule has 1 N–H and O–H groups in total. The number of benzene rings is 1. The van der Waals surface area contributed by atoms with Crippen LogP contribution in [0.4, 0.5) is 5.95 Å². The Bertz CT molecular complexity index is 563. The molecule has 3 rings (SSSR count). The molecular weight excluding hydrogens is 262 g/mol. The Hall–Kier alpha value is -1.91. The number of tetrazole rings is 1. The lowest BCUT2D eigenvalue weighted by molar-refractivity contribution is 0.253. The molecule has 2 aromatic rings. The summed E-state index contributed by atoms with van der Waals surface area (Å²) < 4.78 is 1.78. The molecule has 0 aliphatic heterocycles. The highest BCUT2D eigenvalue weighted by molar-refractivity contribution is 5.39. The molecule has 0 radical (unpaired) electrons. The Morgan fingerprint density at radius 1 is 1.14 bits per heavy atom. The summed E-state index contributed by atoms with van der Waals surface area (Å²) in [7, 11) is 0. The van der Waals surface area contributed by atoms with Crippen LogP contribution in [-0.2, 0) is 0 Å². The molecule has 21 heavy (non-hydrogen) atoms. The Labute approximate surface area is 125 Å². The van der Waals surface area contributed by atoms with Gasteiger partial charge in [-0.05, 0) is 47.2 Å². The minimum atomic E-state index is 0.465. The van der Waals surface area contributed by atoms with Gasteiger partial charge in [-0.3, -0.25) is 0 Å². The molecule has 1 aromatic heterocycles. The Morgan fingerprint density at radius 3 is 2.67 bits per heavy atom. The fourth-order valence-corrected chi connectivity index (χ4v) is 3.32. The second kappa shape index (κ2) is 6.24. The van der Waals surface area contributed by atoms with Crippen LogP contribution in [0.3, 0.4) is 0 Å². The van der Waals surface area contributed by atoms with Crippen molar-refractivity contribution in [2.45, 2.75) is 45.6 Å². The molecule has 2 atom stereocenters. The van der Waals surface area contributed by atoms with E-state index in [1.165, 1.54) is 25.7 Å². The molecule has 1 aliphatic rings. The molecule has 0 bridgehead atoms. The molecule has 1 aromatic carbocycles. The number of hydrogen-bond donors (Lipinski definition) is 1. The lowest BCUT2D eigenvalue weighted by Gasteiger charge is -2.34. The summed E-state index contributed by atoms with van der Waals surface area (Å²) in [6.45, 7) is 4.62. The lowest BCUT2D eigenvalue weighted by Crippen LogP contribution is -2.36. The van der Waals surface area contributed by atoms with E-state index in [0.717, 1.165) is 11.6 Å². The maximum atomic E-state index is 4.17. The summed E-state index contributed by atoms with van der Waals surface area (Å²) in [6.07, 6.45) is 5.12. The van der Waals surface area contributed by atoms with Crippen molar-refractivity contribution in [1.82, 2.24) is 20.2 Å². The van der Waals surface area contributed by atoms with Gasteiger partial charge in [0.15, 0.2) is 0 Å². The quantitative estimate of drug-likeness (QED) is 0.936. The monoisotopic (exact) mass is 285 g/mol. The summed E-state index contributed by atoms with van der Waals surface area (Å²) in [5.74, 6) is 2.13. The van der Waals surface area contributed by atoms with E-state index in [4.69, 9.17) is 0 Å². The third-order valence-electron chi connectivity index (χ3n) is 4.46. The van der Waals surface area contributed by atoms with E-state index in [-0.39, 0.29) is 0 Å². The maximum Gasteiger partial charge on any atom is 0.247 e. The van der Waals surface area contributed by atoms with Gasteiger partial charge < -0.3 is 5.32 Å². The molecule has 0 saturated heterocycles. The zero-order valence-corrected chi connectivity index (χ0v) is 12.7. The van der Waals surface area contributed by atoms with Crippen LogP contribution in [-0.4, -0.2) is 26.2 Å². The molecule has 0 amide bonds. The Kier molecular flexibility index (Phi) is 4.18. The van der Waals surface area contributed by atoms with Crippen molar-refractivity contribution in [2.75, 3.05) is 5.32 Å². The summed E-state index contributed by atoms with van der Waals surface area (Å²) in [6, 6.07) is 10.5. The first-order valence-corrected chi connectivity index (χ1v) is 7.86. The van der Waals surface area contributed by atoms with E-state index in [9.17, 15) is 0 Å². The van der Waals surface area contributed by atoms with Crippen molar-refractivity contribution >= 4 is 5.95 Å². The van der Waals surface area contributed by atoms with Gasteiger partial charge in [-0.1, -0.05) is 50.0 Å². The van der Waals surface area contributed by atoms with Crippen molar-refractivity contribution in [3.05, 3.63) is 30.3 Å². The third kappa shape index (κ3) is 3.06. The smallest absolute Gasteiger partial charge is 0.247 e. The molecule has 5 heteroatoms. The van der Waals surface area contributed by atoms with E-state index in [2.05, 4.69) is 34.7 Å². The third-order valence-corrected chi connectivity index (χ3v) is 4.46. The van der Waals surface area contributed by atoms with Gasteiger partial charge in [0.25, 0.3) is 0 Å². The van der Waals surface area contributed by atoms with Crippen LogP contribution >= 0.6 is 0 Å². The van der Waals surface area contributed by atoms with Gasteiger partial charge in [-0.25, -0.2) is 0 Å². The van der Waals surface area contributed by atoms with Gasteiger partial charge in [0.1, 0.15) is 0 Å². The number of hydrogen-bond acceptors (Lipinski definition) is 4. The average Bonchev–Trinajstić information content (AvgIpc) is 2.96. The van der Waals surface area contributed by atoms with E-state index in [1.807, 2.05) is 30.3 Å². The standard InChI is InChI=1S/C16H23N5/c1-12(2)14-10-6-7-11-15(14)17-16-18-19-20-21(16)13-8-4-3-5-9-13/h3-5,8-9,12,14-15H,6-7,10-11H2,1-2H3,(H,17,18,20). The summed E-state index contributed by atoms with van der Waals surface area (Å²) in [5.41, 5.74) is 0.988. The Balaban J connectivity index is 1.80. The van der Waals surface area contributed by atoms with Crippen molar-refractivity contribution in [3.63, 3.8) is 0 Å². The highest BCUT2D eigenvalue weighted by Gasteiger charge is 2.28. The van der Waals surface area contributed by atoms with Gasteiger partial charge in [0, 0.05) is 6.04 Å². The first-order valence-electron chi connectivity index (χ1n) is 7.86. The van der Waals surface area contributed by atoms with E-state index in [0.29, 0.717) is 17.9 Å². The number of para-hydroxylation sites is 1. The molecule has 1 fully saturated rings. The summed E-state index contributed by atoms with van der Waals surface area (Å²) >= 11 is 0. The van der Waals surface area contributed by atoms with Crippen LogP contribution in [0.2, 0.25) is 0 Å². The van der Waals surface area contributed by atoms with Gasteiger partial charge in [0.2, 0.25) is 5.95 Å². The lowest BCUT2D eigenvalue weighted by atomic mass is 9.78. The number of nitrogens with zero attached hydrogens (tertiary/aromatic N) is 4. The van der Waals surface area contributed by atoms with Gasteiger partial charge in [0.05, 0.1) is 5.69 Å². The molecule has 1 aliphatic carbocycles. The molecule has 0 spiro atoms. The molecule has 2 unspecified atom stereocenters. The predicted molar refractivity (Wildman–Crippen MR) is 83.4 cm³/mol. The SMILES string of the molecule is CC(C)C1CCCCC1Nc1nnnn1-c1ccccc1. The second-order valence-corrected chi connectivity index (χ2v) is 6.19. The molecule has 5 nitrogen and oxygen atoms in total. The minimum absolute atomic E-state index is 0.465. The van der Waals surface area contributed by atoms with Crippen LogP contribution < -0.4 is 5.32 Å². The van der Waals surface area contributed by atoms with Crippen molar-refractivity contribution in [2.24, 2.45) is 11.8 Å². The number of nitrogens with one attached hydrogen (secondary N) is 1. The maximum absolute atomic E-state index is 4.17. The first kappa shape index (κ1) is 14.0. The highest BCUT2D eigenvalue weighted by Crippen LogP contribution is 2.32. The summed E-state index contributed by atoms with van der Waals surface area (Å²) in [5, 5.41) is 15.7. The van der Waals surface area contributed by atoms with Crippen molar-refractivity contribution in [3.8, 4) is 5.69 Å². The van der Waals surface area contributed by atoms with Crippen LogP contribution in [0.5, 0.6) is 0 Å². The topological polar surface area (TPSA) is 55.6 Å². The molecule has 1 heterocycles. The molecule has 1 saturated carbocycles. The van der Waals surface area contributed by atoms with Crippen LogP contribution in [0.15, 0.2) is 30.3 Å². The molecular formula is C16H23N5. The zero-order valence-electron chi connectivity index (χ0n) is 12.7. The fourth-order valence-electron chi connectivity index (χ4n) is 3.32. The van der Waals surface area contributed by atoms with Crippen LogP contribution in [0, 0.1) is 11.8 Å². The van der Waals surface area contributed by atoms with E-state index >= 15 is 0 Å². The van der Waals surface area contributed by atoms with Crippen LogP contribution in [0.1, 0.15) is 39.5 Å². The minimum Gasteiger partial charge on any atom is -0.350 e. The number of aromatic nitrogens is 4. The first-order chi connectivity index (χ1) is 10.3. The average molecular weight is 285 g/mol. The number of anilines is 1. The number of rotatable bonds is 4. The second-order valence-electron chi connectivity index (χ2n) is 6.19. The van der Waals surface area contributed by atoms with Gasteiger partial charge in [-0.2, -0.15) is 4.68 Å². The van der Waals surface area contributed by atoms with E-state index < -0.39 is 0 Å². The van der Waals surface area contributed by atoms with Crippen molar-refractivity contribution < 1.29 is 0 Å². The van der Waals surface area contributed by atoms with Gasteiger partial charge in [-0.15, -0.1) is 0 Å². The molecule has 112 valence electrons. The van der Waals surface area contributed by atoms with Crippen LogP contribution in [0.25, 0.3) is 5.69 Å². The van der Waals surface area contributed by atoms with E-state index in [1.54, 1.807) is 4.68 Å². The largest absolute Gasteiger partial charge is 0.350 e.